The molecule has 2 heterocycles. The number of nitrogens with two attached hydrogens (primary N) is 1. The number of amides is 1. The van der Waals surface area contributed by atoms with Crippen molar-refractivity contribution in [2.45, 2.75) is 30.7 Å². The highest BCUT2D eigenvalue weighted by molar-refractivity contribution is 7.93. The molecule has 2 unspecified atom stereocenters. The molecule has 0 saturated carbocycles. The molecule has 1 aliphatic heterocycles. The Labute approximate surface area is 131 Å². The van der Waals surface area contributed by atoms with E-state index in [4.69, 9.17) is 5.73 Å². The van der Waals surface area contributed by atoms with Crippen LogP contribution in [-0.2, 0) is 20.1 Å². The molecule has 0 saturated heterocycles. The first kappa shape index (κ1) is 17.8. The third kappa shape index (κ3) is 3.70. The molecule has 128 valence electrons. The standard InChI is InChI=1S/C13H16F3N3O3S/c14-13(15,16)12(21,10-3-1-2-6-18-10)5-8-23(22)7-4-9(17)11(20)19-23/h1-3,6,9,21H,4-5,7-8,17H2/t9-,12?,23?/m0/s1. The number of carbonyl (C=O) groups is 1. The number of halogens is 3. The fraction of sp³-hybridized carbons (Fsp3) is 0.538. The average molecular weight is 351 g/mol. The Hall–Kier alpha value is -1.52. The van der Waals surface area contributed by atoms with Crippen molar-refractivity contribution >= 4 is 15.6 Å². The Kier molecular flexibility index (Phi) is 4.79. The van der Waals surface area contributed by atoms with Gasteiger partial charge in [-0.15, -0.1) is 0 Å². The number of hydrogen-bond donors (Lipinski definition) is 2. The molecular weight excluding hydrogens is 335 g/mol. The van der Waals surface area contributed by atoms with E-state index in [9.17, 15) is 27.3 Å². The molecule has 2 rings (SSSR count). The quantitative estimate of drug-likeness (QED) is 0.840. The second-order valence-electron chi connectivity index (χ2n) is 5.33. The summed E-state index contributed by atoms with van der Waals surface area (Å²) in [5.74, 6) is -1.43. The number of aromatic nitrogens is 1. The zero-order valence-electron chi connectivity index (χ0n) is 12.0. The molecule has 0 aromatic carbocycles. The first-order valence-electron chi connectivity index (χ1n) is 6.80. The van der Waals surface area contributed by atoms with Crippen LogP contribution in [0.3, 0.4) is 0 Å². The molecule has 0 radical (unpaired) electrons. The van der Waals surface area contributed by atoms with E-state index in [1.807, 2.05) is 0 Å². The number of hydrogen-bond acceptors (Lipinski definition) is 5. The van der Waals surface area contributed by atoms with Gasteiger partial charge in [0.15, 0.2) is 0 Å². The van der Waals surface area contributed by atoms with Gasteiger partial charge in [0.05, 0.1) is 21.5 Å². The normalized spacial score (nSPS) is 28.0. The van der Waals surface area contributed by atoms with Gasteiger partial charge < -0.3 is 10.8 Å². The highest BCUT2D eigenvalue weighted by atomic mass is 32.2. The molecule has 10 heteroatoms. The van der Waals surface area contributed by atoms with Crippen LogP contribution in [0.5, 0.6) is 0 Å². The minimum absolute atomic E-state index is 0.0734. The van der Waals surface area contributed by atoms with Gasteiger partial charge in [-0.1, -0.05) is 6.07 Å². The maximum absolute atomic E-state index is 13.3. The summed E-state index contributed by atoms with van der Waals surface area (Å²) in [6.07, 6.45) is -4.70. The van der Waals surface area contributed by atoms with Crippen molar-refractivity contribution in [2.24, 2.45) is 10.1 Å². The van der Waals surface area contributed by atoms with Crippen molar-refractivity contribution in [3.63, 3.8) is 0 Å². The van der Waals surface area contributed by atoms with Crippen molar-refractivity contribution in [1.29, 1.82) is 0 Å². The highest BCUT2D eigenvalue weighted by Gasteiger charge is 2.56. The number of rotatable bonds is 4. The zero-order valence-corrected chi connectivity index (χ0v) is 12.8. The van der Waals surface area contributed by atoms with E-state index in [0.29, 0.717) is 0 Å². The molecule has 0 fully saturated rings. The monoisotopic (exact) mass is 351 g/mol. The summed E-state index contributed by atoms with van der Waals surface area (Å²) < 4.78 is 55.8. The van der Waals surface area contributed by atoms with Gasteiger partial charge in [-0.25, -0.2) is 4.21 Å². The third-order valence-corrected chi connectivity index (χ3v) is 5.89. The van der Waals surface area contributed by atoms with Gasteiger partial charge >= 0.3 is 6.18 Å². The van der Waals surface area contributed by atoms with Crippen LogP contribution < -0.4 is 5.73 Å². The van der Waals surface area contributed by atoms with E-state index in [0.717, 1.165) is 12.3 Å². The Balaban J connectivity index is 2.29. The Morgan fingerprint density at radius 1 is 1.39 bits per heavy atom. The molecular formula is C13H16F3N3O3S. The van der Waals surface area contributed by atoms with E-state index in [1.165, 1.54) is 12.1 Å². The molecule has 6 nitrogen and oxygen atoms in total. The van der Waals surface area contributed by atoms with E-state index in [2.05, 4.69) is 9.35 Å². The summed E-state index contributed by atoms with van der Waals surface area (Å²) in [7, 11) is -3.17. The number of pyridine rings is 1. The molecule has 1 aliphatic rings. The van der Waals surface area contributed by atoms with Crippen LogP contribution in [0.2, 0.25) is 0 Å². The van der Waals surface area contributed by atoms with Crippen molar-refractivity contribution in [2.75, 3.05) is 11.5 Å². The van der Waals surface area contributed by atoms with Gasteiger partial charge in [-0.2, -0.15) is 17.5 Å². The van der Waals surface area contributed by atoms with Crippen LogP contribution in [0.25, 0.3) is 0 Å². The fourth-order valence-corrected chi connectivity index (χ4v) is 4.28. The first-order chi connectivity index (χ1) is 10.6. The number of nitrogens with zero attached hydrogens (tertiary/aromatic N) is 2. The summed E-state index contributed by atoms with van der Waals surface area (Å²) in [4.78, 5) is 15.0. The van der Waals surface area contributed by atoms with Crippen molar-refractivity contribution in [3.8, 4) is 0 Å². The number of alkyl halides is 3. The van der Waals surface area contributed by atoms with Crippen LogP contribution in [0.1, 0.15) is 18.5 Å². The largest absolute Gasteiger partial charge is 0.423 e. The average Bonchev–Trinajstić information content (AvgIpc) is 2.49. The van der Waals surface area contributed by atoms with Gasteiger partial charge in [0.1, 0.15) is 0 Å². The minimum atomic E-state index is -5.01. The van der Waals surface area contributed by atoms with E-state index in [-0.39, 0.29) is 12.2 Å². The van der Waals surface area contributed by atoms with Gasteiger partial charge in [0, 0.05) is 24.1 Å². The Bertz CT molecular complexity index is 701. The third-order valence-electron chi connectivity index (χ3n) is 3.66. The molecule has 23 heavy (non-hydrogen) atoms. The van der Waals surface area contributed by atoms with Crippen LogP contribution in [-0.4, -0.2) is 43.9 Å². The maximum Gasteiger partial charge on any atom is 0.423 e. The molecule has 1 aromatic heterocycles. The first-order valence-corrected chi connectivity index (χ1v) is 8.65. The lowest BCUT2D eigenvalue weighted by molar-refractivity contribution is -0.268. The van der Waals surface area contributed by atoms with E-state index >= 15 is 0 Å². The summed E-state index contributed by atoms with van der Waals surface area (Å²) in [6.45, 7) is 0. The van der Waals surface area contributed by atoms with Gasteiger partial charge in [-0.3, -0.25) is 9.78 Å². The van der Waals surface area contributed by atoms with E-state index in [1.54, 1.807) is 0 Å². The van der Waals surface area contributed by atoms with Crippen LogP contribution >= 0.6 is 0 Å². The van der Waals surface area contributed by atoms with Crippen LogP contribution in [0.15, 0.2) is 28.8 Å². The smallest absolute Gasteiger partial charge is 0.375 e. The lowest BCUT2D eigenvalue weighted by Gasteiger charge is -2.30. The van der Waals surface area contributed by atoms with Gasteiger partial charge in [-0.05, 0) is 18.6 Å². The van der Waals surface area contributed by atoms with Crippen molar-refractivity contribution in [1.82, 2.24) is 4.98 Å². The molecule has 3 N–H and O–H groups in total. The SMILES string of the molecule is N[C@H]1CCS(=O)(CCC(O)(c2ccccn2)C(F)(F)F)=NC1=O. The summed E-state index contributed by atoms with van der Waals surface area (Å²) in [5.41, 5.74) is 1.59. The fourth-order valence-electron chi connectivity index (χ4n) is 2.19. The second kappa shape index (κ2) is 6.17. The topological polar surface area (TPSA) is 106 Å². The minimum Gasteiger partial charge on any atom is -0.375 e. The predicted octanol–water partition coefficient (Wildman–Crippen LogP) is 0.947. The summed E-state index contributed by atoms with van der Waals surface area (Å²) in [5, 5.41) is 10.1. The van der Waals surface area contributed by atoms with Gasteiger partial charge in [0.25, 0.3) is 5.91 Å². The number of carbonyl (C=O) groups excluding carboxylic acids is 1. The highest BCUT2D eigenvalue weighted by Crippen LogP contribution is 2.41. The summed E-state index contributed by atoms with van der Waals surface area (Å²) >= 11 is 0. The molecule has 1 amide bonds. The van der Waals surface area contributed by atoms with Crippen molar-refractivity contribution in [3.05, 3.63) is 30.1 Å². The lowest BCUT2D eigenvalue weighted by Crippen LogP contribution is -2.45. The lowest BCUT2D eigenvalue weighted by atomic mass is 9.95. The molecule has 3 atom stereocenters. The molecule has 0 bridgehead atoms. The summed E-state index contributed by atoms with van der Waals surface area (Å²) in [6, 6.07) is 2.89. The molecule has 0 spiro atoms. The maximum atomic E-state index is 13.3. The second-order valence-corrected chi connectivity index (χ2v) is 7.87. The Morgan fingerprint density at radius 3 is 2.61 bits per heavy atom. The van der Waals surface area contributed by atoms with Crippen LogP contribution in [0, 0.1) is 0 Å². The Morgan fingerprint density at radius 2 is 2.09 bits per heavy atom. The van der Waals surface area contributed by atoms with Gasteiger partial charge in [0.2, 0.25) is 5.60 Å². The molecule has 1 aromatic rings. The molecule has 0 aliphatic carbocycles. The van der Waals surface area contributed by atoms with Crippen LogP contribution in [0.4, 0.5) is 13.2 Å². The zero-order chi connectivity index (χ0) is 17.3. The predicted molar refractivity (Wildman–Crippen MR) is 76.7 cm³/mol. The van der Waals surface area contributed by atoms with E-state index < -0.39 is 51.3 Å². The number of aliphatic hydroxyl groups is 1. The van der Waals surface area contributed by atoms with Crippen molar-refractivity contribution < 1.29 is 27.3 Å².